The highest BCUT2D eigenvalue weighted by Gasteiger charge is 2.13. The van der Waals surface area contributed by atoms with Crippen molar-refractivity contribution >= 4 is 17.7 Å². The standard InChI is InChI=1S/C22H25N3O3S/c1-14-6-5-7-19(10-14)27-12-21-24-25-22(28-21)29-13-20(26)23-17(4)18-9-8-15(2)16(3)11-18/h5-11,17H,12-13H2,1-4H3,(H,23,26). The largest absolute Gasteiger partial charge is 0.484 e. The predicted octanol–water partition coefficient (Wildman–Crippen LogP) is 4.54. The van der Waals surface area contributed by atoms with E-state index in [1.54, 1.807) is 0 Å². The Bertz CT molecular complexity index is 987. The second-order valence-corrected chi connectivity index (χ2v) is 7.92. The highest BCUT2D eigenvalue weighted by atomic mass is 32.2. The number of ether oxygens (including phenoxy) is 1. The van der Waals surface area contributed by atoms with Gasteiger partial charge in [0.05, 0.1) is 11.8 Å². The van der Waals surface area contributed by atoms with Crippen LogP contribution in [0.4, 0.5) is 0 Å². The summed E-state index contributed by atoms with van der Waals surface area (Å²) in [5, 5.41) is 11.3. The summed E-state index contributed by atoms with van der Waals surface area (Å²) in [6.07, 6.45) is 0. The van der Waals surface area contributed by atoms with Crippen molar-refractivity contribution in [3.05, 3.63) is 70.6 Å². The summed E-state index contributed by atoms with van der Waals surface area (Å²) >= 11 is 1.21. The third kappa shape index (κ3) is 6.09. The van der Waals surface area contributed by atoms with E-state index in [9.17, 15) is 4.79 Å². The summed E-state index contributed by atoms with van der Waals surface area (Å²) in [5.74, 6) is 1.24. The number of aromatic nitrogens is 2. The number of hydrogen-bond acceptors (Lipinski definition) is 6. The van der Waals surface area contributed by atoms with Gasteiger partial charge in [-0.2, -0.15) is 0 Å². The second kappa shape index (κ2) is 9.60. The molecule has 0 saturated carbocycles. The first-order valence-electron chi connectivity index (χ1n) is 9.42. The number of rotatable bonds is 8. The first kappa shape index (κ1) is 20.9. The van der Waals surface area contributed by atoms with E-state index in [0.717, 1.165) is 16.9 Å². The van der Waals surface area contributed by atoms with Crippen molar-refractivity contribution in [2.24, 2.45) is 0 Å². The summed E-state index contributed by atoms with van der Waals surface area (Å²) in [7, 11) is 0. The zero-order chi connectivity index (χ0) is 20.8. The number of nitrogens with zero attached hydrogens (tertiary/aromatic N) is 2. The molecule has 2 aromatic carbocycles. The lowest BCUT2D eigenvalue weighted by molar-refractivity contribution is -0.119. The Hall–Kier alpha value is -2.80. The van der Waals surface area contributed by atoms with Crippen LogP contribution < -0.4 is 10.1 Å². The van der Waals surface area contributed by atoms with Gasteiger partial charge in [0, 0.05) is 0 Å². The third-order valence-electron chi connectivity index (χ3n) is 4.54. The van der Waals surface area contributed by atoms with Gasteiger partial charge in [-0.15, -0.1) is 10.2 Å². The normalized spacial score (nSPS) is 11.9. The highest BCUT2D eigenvalue weighted by molar-refractivity contribution is 7.99. The molecule has 0 aliphatic rings. The molecule has 0 aliphatic heterocycles. The van der Waals surface area contributed by atoms with Gasteiger partial charge in [-0.3, -0.25) is 4.79 Å². The molecule has 1 aromatic heterocycles. The van der Waals surface area contributed by atoms with Crippen LogP contribution in [0.2, 0.25) is 0 Å². The van der Waals surface area contributed by atoms with Gasteiger partial charge in [-0.25, -0.2) is 0 Å². The van der Waals surface area contributed by atoms with E-state index < -0.39 is 0 Å². The van der Waals surface area contributed by atoms with Crippen LogP contribution in [0.15, 0.2) is 52.1 Å². The van der Waals surface area contributed by atoms with Gasteiger partial charge in [-0.05, 0) is 62.1 Å². The first-order chi connectivity index (χ1) is 13.9. The van der Waals surface area contributed by atoms with Crippen molar-refractivity contribution in [1.29, 1.82) is 0 Å². The SMILES string of the molecule is Cc1cccc(OCc2nnc(SCC(=O)NC(C)c3ccc(C)c(C)c3)o2)c1. The van der Waals surface area contributed by atoms with Crippen LogP contribution in [0.5, 0.6) is 5.75 Å². The topological polar surface area (TPSA) is 77.2 Å². The number of carbonyl (C=O) groups excluding carboxylic acids is 1. The fourth-order valence-electron chi connectivity index (χ4n) is 2.73. The van der Waals surface area contributed by atoms with Crippen molar-refractivity contribution in [3.8, 4) is 5.75 Å². The lowest BCUT2D eigenvalue weighted by Gasteiger charge is -2.15. The van der Waals surface area contributed by atoms with E-state index in [2.05, 4.69) is 41.5 Å². The number of aryl methyl sites for hydroxylation is 3. The predicted molar refractivity (Wildman–Crippen MR) is 113 cm³/mol. The summed E-state index contributed by atoms with van der Waals surface area (Å²) in [4.78, 5) is 12.3. The molecule has 152 valence electrons. The monoisotopic (exact) mass is 411 g/mol. The molecule has 1 heterocycles. The fraction of sp³-hybridized carbons (Fsp3) is 0.318. The number of carbonyl (C=O) groups is 1. The molecule has 1 atom stereocenters. The lowest BCUT2D eigenvalue weighted by atomic mass is 10.0. The minimum atomic E-state index is -0.0866. The quantitative estimate of drug-likeness (QED) is 0.548. The molecule has 6 nitrogen and oxygen atoms in total. The Balaban J connectivity index is 1.46. The Morgan fingerprint density at radius 3 is 2.72 bits per heavy atom. The summed E-state index contributed by atoms with van der Waals surface area (Å²) in [6.45, 7) is 8.30. The average Bonchev–Trinajstić information content (AvgIpc) is 3.15. The summed E-state index contributed by atoms with van der Waals surface area (Å²) in [5.41, 5.74) is 4.65. The molecule has 0 aliphatic carbocycles. The van der Waals surface area contributed by atoms with Crippen LogP contribution in [-0.4, -0.2) is 21.9 Å². The zero-order valence-electron chi connectivity index (χ0n) is 17.1. The molecule has 3 rings (SSSR count). The van der Waals surface area contributed by atoms with Gasteiger partial charge in [0.2, 0.25) is 5.91 Å². The van der Waals surface area contributed by atoms with Crippen molar-refractivity contribution in [2.75, 3.05) is 5.75 Å². The van der Waals surface area contributed by atoms with E-state index in [-0.39, 0.29) is 24.3 Å². The van der Waals surface area contributed by atoms with Gasteiger partial charge >= 0.3 is 0 Å². The number of benzene rings is 2. The Morgan fingerprint density at radius 2 is 1.97 bits per heavy atom. The molecule has 1 unspecified atom stereocenters. The molecule has 0 bridgehead atoms. The minimum Gasteiger partial charge on any atom is -0.484 e. The number of thioether (sulfide) groups is 1. The van der Waals surface area contributed by atoms with E-state index >= 15 is 0 Å². The van der Waals surface area contributed by atoms with E-state index in [1.807, 2.05) is 44.2 Å². The van der Waals surface area contributed by atoms with Gasteiger partial charge < -0.3 is 14.5 Å². The molecule has 1 N–H and O–H groups in total. The van der Waals surface area contributed by atoms with Crippen LogP contribution in [0.3, 0.4) is 0 Å². The third-order valence-corrected chi connectivity index (χ3v) is 5.35. The second-order valence-electron chi connectivity index (χ2n) is 6.99. The average molecular weight is 412 g/mol. The van der Waals surface area contributed by atoms with Crippen molar-refractivity contribution < 1.29 is 13.9 Å². The van der Waals surface area contributed by atoms with Crippen molar-refractivity contribution in [3.63, 3.8) is 0 Å². The lowest BCUT2D eigenvalue weighted by Crippen LogP contribution is -2.28. The van der Waals surface area contributed by atoms with Crippen LogP contribution in [0.1, 0.15) is 41.1 Å². The molecular weight excluding hydrogens is 386 g/mol. The molecule has 0 spiro atoms. The maximum Gasteiger partial charge on any atom is 0.277 e. The minimum absolute atomic E-state index is 0.0663. The summed E-state index contributed by atoms with van der Waals surface area (Å²) in [6, 6.07) is 13.9. The van der Waals surface area contributed by atoms with Crippen molar-refractivity contribution in [1.82, 2.24) is 15.5 Å². The van der Waals surface area contributed by atoms with E-state index in [0.29, 0.717) is 11.1 Å². The number of nitrogens with one attached hydrogen (secondary N) is 1. The maximum absolute atomic E-state index is 12.3. The first-order valence-corrected chi connectivity index (χ1v) is 10.4. The molecule has 29 heavy (non-hydrogen) atoms. The van der Waals surface area contributed by atoms with Crippen LogP contribution in [0.25, 0.3) is 0 Å². The van der Waals surface area contributed by atoms with Crippen LogP contribution in [-0.2, 0) is 11.4 Å². The van der Waals surface area contributed by atoms with Gasteiger partial charge in [0.25, 0.3) is 11.1 Å². The Morgan fingerprint density at radius 1 is 1.14 bits per heavy atom. The number of hydrogen-bond donors (Lipinski definition) is 1. The molecule has 0 saturated heterocycles. The highest BCUT2D eigenvalue weighted by Crippen LogP contribution is 2.20. The van der Waals surface area contributed by atoms with Crippen LogP contribution >= 0.6 is 11.8 Å². The zero-order valence-corrected chi connectivity index (χ0v) is 17.9. The summed E-state index contributed by atoms with van der Waals surface area (Å²) < 4.78 is 11.2. The van der Waals surface area contributed by atoms with Gasteiger partial charge in [0.15, 0.2) is 6.61 Å². The molecule has 3 aromatic rings. The molecule has 0 fully saturated rings. The van der Waals surface area contributed by atoms with E-state index in [1.165, 1.54) is 22.9 Å². The van der Waals surface area contributed by atoms with Crippen LogP contribution in [0, 0.1) is 20.8 Å². The molecule has 7 heteroatoms. The van der Waals surface area contributed by atoms with Gasteiger partial charge in [0.1, 0.15) is 5.75 Å². The fourth-order valence-corrected chi connectivity index (χ4v) is 3.32. The molecule has 0 radical (unpaired) electrons. The molecule has 1 amide bonds. The smallest absolute Gasteiger partial charge is 0.277 e. The van der Waals surface area contributed by atoms with Crippen molar-refractivity contribution in [2.45, 2.75) is 45.6 Å². The number of amides is 1. The van der Waals surface area contributed by atoms with E-state index in [4.69, 9.17) is 9.15 Å². The van der Waals surface area contributed by atoms with Gasteiger partial charge in [-0.1, -0.05) is 42.1 Å². The molecular formula is C22H25N3O3S. The Labute approximate surface area is 175 Å². The maximum atomic E-state index is 12.3. The Kier molecular flexibility index (Phi) is 6.93.